The van der Waals surface area contributed by atoms with Gasteiger partial charge in [0.05, 0.1) is 10.6 Å². The molecule has 0 atom stereocenters. The van der Waals surface area contributed by atoms with Gasteiger partial charge in [-0.25, -0.2) is 5.43 Å². The van der Waals surface area contributed by atoms with Crippen LogP contribution in [0.15, 0.2) is 53.6 Å². The number of nitro benzene ring substituents is 1. The van der Waals surface area contributed by atoms with E-state index in [0.29, 0.717) is 17.0 Å². The van der Waals surface area contributed by atoms with Crippen molar-refractivity contribution in [1.82, 2.24) is 5.43 Å². The lowest BCUT2D eigenvalue weighted by molar-refractivity contribution is -0.384. The predicted molar refractivity (Wildman–Crippen MR) is 104 cm³/mol. The van der Waals surface area contributed by atoms with Crippen LogP contribution in [-0.2, 0) is 10.2 Å². The van der Waals surface area contributed by atoms with Gasteiger partial charge in [-0.1, -0.05) is 51.1 Å². The van der Waals surface area contributed by atoms with Crippen molar-refractivity contribution < 1.29 is 14.5 Å². The summed E-state index contributed by atoms with van der Waals surface area (Å²) in [6.45, 7) is 7.69. The Balaban J connectivity index is 2.00. The van der Waals surface area contributed by atoms with Gasteiger partial charge in [0, 0.05) is 17.7 Å². The zero-order chi connectivity index (χ0) is 20.0. The molecule has 0 aromatic heterocycles. The van der Waals surface area contributed by atoms with Crippen LogP contribution in [0, 0.1) is 10.1 Å². The summed E-state index contributed by atoms with van der Waals surface area (Å²) in [4.78, 5) is 22.4. The first-order valence-corrected chi connectivity index (χ1v) is 8.49. The highest BCUT2D eigenvalue weighted by molar-refractivity contribution is 5.99. The van der Waals surface area contributed by atoms with E-state index in [0.717, 1.165) is 5.56 Å². The molecule has 0 radical (unpaired) electrons. The third-order valence-corrected chi connectivity index (χ3v) is 3.88. The van der Waals surface area contributed by atoms with Gasteiger partial charge in [0.2, 0.25) is 0 Å². The van der Waals surface area contributed by atoms with Crippen LogP contribution in [0.2, 0.25) is 0 Å². The number of ether oxygens (including phenoxy) is 1. The summed E-state index contributed by atoms with van der Waals surface area (Å²) < 4.78 is 5.64. The van der Waals surface area contributed by atoms with E-state index in [1.54, 1.807) is 19.1 Å². The summed E-state index contributed by atoms with van der Waals surface area (Å²) >= 11 is 0. The number of carbonyl (C=O) groups is 1. The lowest BCUT2D eigenvalue weighted by Crippen LogP contribution is -2.26. The smallest absolute Gasteiger partial charge is 0.277 e. The first-order valence-electron chi connectivity index (χ1n) is 8.49. The van der Waals surface area contributed by atoms with Gasteiger partial charge in [-0.05, 0) is 24.0 Å². The van der Waals surface area contributed by atoms with Crippen LogP contribution in [0.1, 0.15) is 38.8 Å². The van der Waals surface area contributed by atoms with Gasteiger partial charge in [-0.2, -0.15) is 5.10 Å². The van der Waals surface area contributed by atoms with Gasteiger partial charge in [0.1, 0.15) is 5.75 Å². The molecular formula is C20H23N3O4. The standard InChI is InChI=1S/C20H23N3O4/c1-14(15-8-7-9-16(12-15)23(25)26)21-22-19(24)13-27-18-11-6-5-10-17(18)20(2,3)4/h5-12H,13H2,1-4H3,(H,22,24)/b21-14-. The number of amides is 1. The summed E-state index contributed by atoms with van der Waals surface area (Å²) in [5.41, 5.74) is 4.30. The summed E-state index contributed by atoms with van der Waals surface area (Å²) in [5, 5.41) is 14.8. The first kappa shape index (κ1) is 20.1. The average Bonchev–Trinajstić information content (AvgIpc) is 2.64. The zero-order valence-corrected chi connectivity index (χ0v) is 15.9. The molecule has 0 aliphatic heterocycles. The molecule has 27 heavy (non-hydrogen) atoms. The number of para-hydroxylation sites is 1. The molecule has 2 aromatic rings. The van der Waals surface area contributed by atoms with Gasteiger partial charge < -0.3 is 4.74 Å². The molecule has 0 bridgehead atoms. The molecule has 7 nitrogen and oxygen atoms in total. The van der Waals surface area contributed by atoms with E-state index in [1.807, 2.05) is 24.3 Å². The Morgan fingerprint density at radius 1 is 1.19 bits per heavy atom. The molecule has 142 valence electrons. The average molecular weight is 369 g/mol. The fourth-order valence-corrected chi connectivity index (χ4v) is 2.44. The van der Waals surface area contributed by atoms with E-state index in [9.17, 15) is 14.9 Å². The first-order chi connectivity index (χ1) is 12.7. The number of nitrogens with one attached hydrogen (secondary N) is 1. The van der Waals surface area contributed by atoms with Gasteiger partial charge in [-0.15, -0.1) is 0 Å². The number of hydrazone groups is 1. The van der Waals surface area contributed by atoms with Gasteiger partial charge in [0.15, 0.2) is 6.61 Å². The maximum Gasteiger partial charge on any atom is 0.277 e. The van der Waals surface area contributed by atoms with Crippen LogP contribution in [0.5, 0.6) is 5.75 Å². The summed E-state index contributed by atoms with van der Waals surface area (Å²) in [7, 11) is 0. The maximum absolute atomic E-state index is 12.0. The van der Waals surface area contributed by atoms with Crippen molar-refractivity contribution in [2.24, 2.45) is 5.10 Å². The molecule has 0 heterocycles. The van der Waals surface area contributed by atoms with Crippen LogP contribution < -0.4 is 10.2 Å². The number of hydrogen-bond donors (Lipinski definition) is 1. The fourth-order valence-electron chi connectivity index (χ4n) is 2.44. The monoisotopic (exact) mass is 369 g/mol. The molecule has 0 unspecified atom stereocenters. The number of non-ortho nitro benzene ring substituents is 1. The largest absolute Gasteiger partial charge is 0.483 e. The fraction of sp³-hybridized carbons (Fsp3) is 0.300. The highest BCUT2D eigenvalue weighted by Gasteiger charge is 2.18. The van der Waals surface area contributed by atoms with E-state index < -0.39 is 10.8 Å². The number of carbonyl (C=O) groups excluding carboxylic acids is 1. The van der Waals surface area contributed by atoms with Crippen molar-refractivity contribution in [1.29, 1.82) is 0 Å². The number of rotatable bonds is 6. The van der Waals surface area contributed by atoms with E-state index >= 15 is 0 Å². The lowest BCUT2D eigenvalue weighted by Gasteiger charge is -2.22. The molecule has 0 saturated carbocycles. The molecule has 7 heteroatoms. The topological polar surface area (TPSA) is 93.8 Å². The van der Waals surface area contributed by atoms with Crippen molar-refractivity contribution in [2.45, 2.75) is 33.1 Å². The van der Waals surface area contributed by atoms with Crippen molar-refractivity contribution in [3.8, 4) is 5.75 Å². The molecule has 1 amide bonds. The SMILES string of the molecule is C/C(=N/NC(=O)COc1ccccc1C(C)(C)C)c1cccc([N+](=O)[O-])c1. The Hall–Kier alpha value is -3.22. The van der Waals surface area contributed by atoms with E-state index in [4.69, 9.17) is 4.74 Å². The van der Waals surface area contributed by atoms with Crippen LogP contribution in [0.25, 0.3) is 0 Å². The van der Waals surface area contributed by atoms with E-state index in [1.165, 1.54) is 12.1 Å². The maximum atomic E-state index is 12.0. The Morgan fingerprint density at radius 3 is 2.56 bits per heavy atom. The summed E-state index contributed by atoms with van der Waals surface area (Å²) in [5.74, 6) is 0.239. The lowest BCUT2D eigenvalue weighted by atomic mass is 9.86. The molecular weight excluding hydrogens is 346 g/mol. The molecule has 2 aromatic carbocycles. The van der Waals surface area contributed by atoms with Crippen LogP contribution >= 0.6 is 0 Å². The quantitative estimate of drug-likeness (QED) is 0.476. The van der Waals surface area contributed by atoms with Crippen LogP contribution in [-0.4, -0.2) is 23.1 Å². The highest BCUT2D eigenvalue weighted by Crippen LogP contribution is 2.30. The number of nitro groups is 1. The molecule has 0 spiro atoms. The van der Waals surface area contributed by atoms with E-state index in [2.05, 4.69) is 31.3 Å². The third kappa shape index (κ3) is 5.64. The molecule has 0 aliphatic carbocycles. The summed E-state index contributed by atoms with van der Waals surface area (Å²) in [6.07, 6.45) is 0. The Morgan fingerprint density at radius 2 is 1.89 bits per heavy atom. The second kappa shape index (κ2) is 8.44. The van der Waals surface area contributed by atoms with Gasteiger partial charge in [0.25, 0.3) is 11.6 Å². The predicted octanol–water partition coefficient (Wildman–Crippen LogP) is 3.81. The number of hydrogen-bond acceptors (Lipinski definition) is 5. The second-order valence-electron chi connectivity index (χ2n) is 7.07. The van der Waals surface area contributed by atoms with E-state index in [-0.39, 0.29) is 17.7 Å². The summed E-state index contributed by atoms with van der Waals surface area (Å²) in [6, 6.07) is 13.6. The Bertz CT molecular complexity index is 870. The minimum absolute atomic E-state index is 0.0319. The third-order valence-electron chi connectivity index (χ3n) is 3.88. The normalized spacial score (nSPS) is 11.8. The van der Waals surface area contributed by atoms with Crippen molar-refractivity contribution >= 4 is 17.3 Å². The van der Waals surface area contributed by atoms with Crippen LogP contribution in [0.4, 0.5) is 5.69 Å². The number of benzene rings is 2. The molecule has 0 fully saturated rings. The van der Waals surface area contributed by atoms with Crippen molar-refractivity contribution in [3.05, 3.63) is 69.8 Å². The van der Waals surface area contributed by atoms with Crippen molar-refractivity contribution in [3.63, 3.8) is 0 Å². The Kier molecular flexibility index (Phi) is 6.28. The highest BCUT2D eigenvalue weighted by atomic mass is 16.6. The second-order valence-corrected chi connectivity index (χ2v) is 7.07. The number of nitrogens with zero attached hydrogens (tertiary/aromatic N) is 2. The van der Waals surface area contributed by atoms with Gasteiger partial charge in [-0.3, -0.25) is 14.9 Å². The molecule has 0 saturated heterocycles. The minimum atomic E-state index is -0.476. The van der Waals surface area contributed by atoms with Crippen LogP contribution in [0.3, 0.4) is 0 Å². The Labute approximate surface area is 158 Å². The molecule has 0 aliphatic rings. The minimum Gasteiger partial charge on any atom is -0.483 e. The van der Waals surface area contributed by atoms with Gasteiger partial charge >= 0.3 is 0 Å². The zero-order valence-electron chi connectivity index (χ0n) is 15.9. The molecule has 2 rings (SSSR count). The molecule has 1 N–H and O–H groups in total. The van der Waals surface area contributed by atoms with Crippen molar-refractivity contribution in [2.75, 3.05) is 6.61 Å².